The summed E-state index contributed by atoms with van der Waals surface area (Å²) in [6.07, 6.45) is 0. The van der Waals surface area contributed by atoms with Gasteiger partial charge in [0.25, 0.3) is 5.24 Å². The van der Waals surface area contributed by atoms with Crippen LogP contribution in [0, 0.1) is 0 Å². The Balaban J connectivity index is 2.32. The molecular weight excluding hydrogens is 190 g/mol. The number of nitrogens with one attached hydrogen (secondary N) is 1. The minimum Gasteiger partial charge on any atom is -0.346 e. The number of hydrogen-bond acceptors (Lipinski definition) is 2. The molecule has 0 spiro atoms. The Morgan fingerprint density at radius 2 is 2.75 bits per heavy atom. The molecule has 8 heavy (non-hydrogen) atoms. The van der Waals surface area contributed by atoms with Crippen LogP contribution in [0.25, 0.3) is 0 Å². The lowest BCUT2D eigenvalue weighted by Gasteiger charge is -1.94. The number of alkyl halides is 1. The Labute approximate surface area is 60.5 Å². The molecule has 1 aliphatic rings. The minimum absolute atomic E-state index is 0.106. The monoisotopic (exact) mass is 195 g/mol. The zero-order valence-electron chi connectivity index (χ0n) is 4.19. The lowest BCUT2D eigenvalue weighted by Crippen LogP contribution is -2.15. The van der Waals surface area contributed by atoms with Gasteiger partial charge in [-0.3, -0.25) is 4.79 Å². The van der Waals surface area contributed by atoms with Gasteiger partial charge in [-0.1, -0.05) is 27.7 Å². The zero-order valence-corrected chi connectivity index (χ0v) is 6.59. The fraction of sp³-hybridized carbons (Fsp3) is 0.750. The molecule has 0 aromatic carbocycles. The Bertz CT molecular complexity index is 108. The van der Waals surface area contributed by atoms with Gasteiger partial charge in [0.1, 0.15) is 0 Å². The summed E-state index contributed by atoms with van der Waals surface area (Å²) in [6.45, 7) is 0.814. The Morgan fingerprint density at radius 3 is 3.00 bits per heavy atom. The highest BCUT2D eigenvalue weighted by Crippen LogP contribution is 2.18. The molecule has 1 atom stereocenters. The van der Waals surface area contributed by atoms with E-state index in [9.17, 15) is 4.79 Å². The van der Waals surface area contributed by atoms with Crippen molar-refractivity contribution in [2.45, 2.75) is 5.25 Å². The molecule has 1 aliphatic heterocycles. The lowest BCUT2D eigenvalue weighted by molar-refractivity contribution is 0.262. The number of amides is 1. The molecule has 2 nitrogen and oxygen atoms in total. The van der Waals surface area contributed by atoms with Crippen molar-refractivity contribution in [2.75, 3.05) is 11.9 Å². The molecule has 4 heteroatoms. The van der Waals surface area contributed by atoms with Gasteiger partial charge in [0.2, 0.25) is 0 Å². The number of hydrogen-bond donors (Lipinski definition) is 1. The van der Waals surface area contributed by atoms with E-state index in [1.807, 2.05) is 0 Å². The topological polar surface area (TPSA) is 29.1 Å². The van der Waals surface area contributed by atoms with E-state index < -0.39 is 0 Å². The first-order valence-corrected chi connectivity index (χ1v) is 4.33. The maximum atomic E-state index is 10.4. The van der Waals surface area contributed by atoms with Gasteiger partial charge in [0.15, 0.2) is 0 Å². The van der Waals surface area contributed by atoms with E-state index in [0.717, 1.165) is 11.9 Å². The summed E-state index contributed by atoms with van der Waals surface area (Å²) in [5.74, 6) is 0. The van der Waals surface area contributed by atoms with Gasteiger partial charge in [-0.05, 0) is 0 Å². The summed E-state index contributed by atoms with van der Waals surface area (Å²) >= 11 is 4.66. The Morgan fingerprint density at radius 1 is 2.00 bits per heavy atom. The van der Waals surface area contributed by atoms with Crippen LogP contribution >= 0.6 is 27.7 Å². The molecular formula is C4H6BrNOS. The summed E-state index contributed by atoms with van der Waals surface area (Å²) in [6, 6.07) is 0. The highest BCUT2D eigenvalue weighted by atomic mass is 79.9. The first-order chi connectivity index (χ1) is 3.83. The summed E-state index contributed by atoms with van der Waals surface area (Å²) < 4.78 is 0. The van der Waals surface area contributed by atoms with Crippen LogP contribution in [0.1, 0.15) is 0 Å². The molecule has 0 aromatic rings. The zero-order chi connectivity index (χ0) is 5.98. The van der Waals surface area contributed by atoms with Crippen LogP contribution in [0.4, 0.5) is 4.79 Å². The quantitative estimate of drug-likeness (QED) is 0.638. The normalized spacial score (nSPS) is 28.1. The largest absolute Gasteiger partial charge is 0.346 e. The molecule has 1 heterocycles. The van der Waals surface area contributed by atoms with Gasteiger partial charge >= 0.3 is 0 Å². The first kappa shape index (κ1) is 6.42. The predicted octanol–water partition coefficient (Wildman–Crippen LogP) is 1.21. The lowest BCUT2D eigenvalue weighted by atomic mass is 10.5. The van der Waals surface area contributed by atoms with Crippen molar-refractivity contribution >= 4 is 32.9 Å². The number of halogens is 1. The third-order valence-electron chi connectivity index (χ3n) is 0.920. The number of carbonyl (C=O) groups is 1. The van der Waals surface area contributed by atoms with E-state index in [0.29, 0.717) is 5.25 Å². The minimum atomic E-state index is 0.106. The summed E-state index contributed by atoms with van der Waals surface area (Å²) in [5, 5.41) is 4.17. The van der Waals surface area contributed by atoms with Crippen LogP contribution in [0.15, 0.2) is 0 Å². The number of rotatable bonds is 1. The summed E-state index contributed by atoms with van der Waals surface area (Å²) in [5.41, 5.74) is 0. The van der Waals surface area contributed by atoms with Crippen molar-refractivity contribution in [3.8, 4) is 0 Å². The molecule has 1 saturated heterocycles. The van der Waals surface area contributed by atoms with Crippen LogP contribution in [0.3, 0.4) is 0 Å². The van der Waals surface area contributed by atoms with Crippen molar-refractivity contribution in [3.63, 3.8) is 0 Å². The third kappa shape index (κ3) is 1.39. The molecule has 46 valence electrons. The van der Waals surface area contributed by atoms with Crippen molar-refractivity contribution in [2.24, 2.45) is 0 Å². The van der Waals surface area contributed by atoms with Crippen LogP contribution in [0.5, 0.6) is 0 Å². The second-order valence-electron chi connectivity index (χ2n) is 1.56. The average molecular weight is 196 g/mol. The average Bonchev–Trinajstić information content (AvgIpc) is 2.14. The Hall–Kier alpha value is 0.300. The predicted molar refractivity (Wildman–Crippen MR) is 38.6 cm³/mol. The maximum Gasteiger partial charge on any atom is 0.279 e. The van der Waals surface area contributed by atoms with Crippen molar-refractivity contribution in [1.29, 1.82) is 0 Å². The highest BCUT2D eigenvalue weighted by molar-refractivity contribution is 9.09. The van der Waals surface area contributed by atoms with E-state index in [1.165, 1.54) is 11.8 Å². The van der Waals surface area contributed by atoms with E-state index in [1.54, 1.807) is 0 Å². The standard InChI is InChI=1S/C4H6BrNOS/c5-1-3-2-6-4(7)8-3/h3H,1-2H2,(H,6,7)/t3-/m1/s1. The molecule has 0 bridgehead atoms. The van der Waals surface area contributed by atoms with Gasteiger partial charge < -0.3 is 5.32 Å². The van der Waals surface area contributed by atoms with E-state index in [4.69, 9.17) is 0 Å². The Kier molecular flexibility index (Phi) is 2.19. The first-order valence-electron chi connectivity index (χ1n) is 2.33. The molecule has 0 unspecified atom stereocenters. The second-order valence-corrected chi connectivity index (χ2v) is 3.48. The van der Waals surface area contributed by atoms with Gasteiger partial charge in [-0.25, -0.2) is 0 Å². The molecule has 0 saturated carbocycles. The smallest absolute Gasteiger partial charge is 0.279 e. The number of carbonyl (C=O) groups excluding carboxylic acids is 1. The molecule has 0 aromatic heterocycles. The van der Waals surface area contributed by atoms with Crippen molar-refractivity contribution in [1.82, 2.24) is 5.32 Å². The van der Waals surface area contributed by atoms with E-state index in [2.05, 4.69) is 21.2 Å². The summed E-state index contributed by atoms with van der Waals surface area (Å²) in [7, 11) is 0. The SMILES string of the molecule is O=C1NC[C@@H](CBr)S1. The number of thioether (sulfide) groups is 1. The molecule has 0 aliphatic carbocycles. The van der Waals surface area contributed by atoms with Gasteiger partial charge in [-0.2, -0.15) is 0 Å². The van der Waals surface area contributed by atoms with Crippen LogP contribution in [-0.4, -0.2) is 22.4 Å². The van der Waals surface area contributed by atoms with Crippen molar-refractivity contribution < 1.29 is 4.79 Å². The van der Waals surface area contributed by atoms with Gasteiger partial charge in [0.05, 0.1) is 0 Å². The molecule has 1 amide bonds. The highest BCUT2D eigenvalue weighted by Gasteiger charge is 2.20. The van der Waals surface area contributed by atoms with Gasteiger partial charge in [0, 0.05) is 17.1 Å². The third-order valence-corrected chi connectivity index (χ3v) is 3.16. The molecule has 0 radical (unpaired) electrons. The maximum absolute atomic E-state index is 10.4. The fourth-order valence-corrected chi connectivity index (χ4v) is 1.84. The summed E-state index contributed by atoms with van der Waals surface area (Å²) in [4.78, 5) is 10.4. The van der Waals surface area contributed by atoms with Crippen LogP contribution in [-0.2, 0) is 0 Å². The molecule has 1 fully saturated rings. The van der Waals surface area contributed by atoms with Gasteiger partial charge in [-0.15, -0.1) is 0 Å². The van der Waals surface area contributed by atoms with Crippen LogP contribution < -0.4 is 5.32 Å². The molecule has 1 rings (SSSR count). The fourth-order valence-electron chi connectivity index (χ4n) is 0.518. The van der Waals surface area contributed by atoms with Crippen molar-refractivity contribution in [3.05, 3.63) is 0 Å². The molecule has 1 N–H and O–H groups in total. The van der Waals surface area contributed by atoms with Crippen LogP contribution in [0.2, 0.25) is 0 Å². The van der Waals surface area contributed by atoms with E-state index >= 15 is 0 Å². The second kappa shape index (κ2) is 2.73. The van der Waals surface area contributed by atoms with E-state index in [-0.39, 0.29) is 5.24 Å².